The number of rotatable bonds is 4. The van der Waals surface area contributed by atoms with Crippen molar-refractivity contribution in [3.05, 3.63) is 28.7 Å². The Hall–Kier alpha value is -1.56. The second-order valence-corrected chi connectivity index (χ2v) is 6.25. The fraction of sp³-hybridized carbons (Fsp3) is 0.467. The van der Waals surface area contributed by atoms with Crippen LogP contribution in [0, 0.1) is 5.92 Å². The van der Waals surface area contributed by atoms with Gasteiger partial charge in [-0.3, -0.25) is 4.79 Å². The largest absolute Gasteiger partial charge is 0.481 e. The molecule has 0 bridgehead atoms. The molecule has 0 aliphatic carbocycles. The Morgan fingerprint density at radius 3 is 2.05 bits per heavy atom. The molecule has 0 aliphatic heterocycles. The highest BCUT2D eigenvalue weighted by atomic mass is 79.9. The minimum absolute atomic E-state index is 0.103. The van der Waals surface area contributed by atoms with E-state index in [9.17, 15) is 9.59 Å². The molecule has 118 valence electrons. The molecule has 3 N–H and O–H groups in total. The van der Waals surface area contributed by atoms with Crippen molar-refractivity contribution >= 4 is 33.6 Å². The zero-order chi connectivity index (χ0) is 16.4. The number of hydrogen-bond donors (Lipinski definition) is 3. The number of aliphatic carboxylic acids is 1. The molecule has 21 heavy (non-hydrogen) atoms. The van der Waals surface area contributed by atoms with Gasteiger partial charge in [-0.15, -0.1) is 0 Å². The van der Waals surface area contributed by atoms with Gasteiger partial charge in [-0.25, -0.2) is 4.79 Å². The Morgan fingerprint density at radius 2 is 1.62 bits per heavy atom. The van der Waals surface area contributed by atoms with Gasteiger partial charge in [0, 0.05) is 16.2 Å². The first kappa shape index (κ1) is 19.4. The Labute approximate surface area is 134 Å². The second-order valence-electron chi connectivity index (χ2n) is 5.34. The van der Waals surface area contributed by atoms with Gasteiger partial charge in [-0.1, -0.05) is 36.7 Å². The van der Waals surface area contributed by atoms with Gasteiger partial charge in [0.15, 0.2) is 0 Å². The van der Waals surface area contributed by atoms with Gasteiger partial charge in [0.1, 0.15) is 0 Å². The molecule has 0 saturated heterocycles. The monoisotopic (exact) mass is 358 g/mol. The summed E-state index contributed by atoms with van der Waals surface area (Å²) in [5.74, 6) is -0.110. The van der Waals surface area contributed by atoms with E-state index in [1.807, 2.05) is 0 Å². The highest BCUT2D eigenvalue weighted by molar-refractivity contribution is 9.10. The van der Waals surface area contributed by atoms with Crippen molar-refractivity contribution < 1.29 is 14.7 Å². The van der Waals surface area contributed by atoms with Crippen LogP contribution in [-0.2, 0) is 4.79 Å². The number of benzene rings is 1. The Balaban J connectivity index is 0.000000885. The number of urea groups is 1. The lowest BCUT2D eigenvalue weighted by molar-refractivity contribution is -0.137. The van der Waals surface area contributed by atoms with Crippen LogP contribution in [0.2, 0.25) is 0 Å². The van der Waals surface area contributed by atoms with Gasteiger partial charge < -0.3 is 15.7 Å². The normalized spacial score (nSPS) is 11.1. The number of hydrogen-bond acceptors (Lipinski definition) is 2. The van der Waals surface area contributed by atoms with E-state index in [2.05, 4.69) is 47.3 Å². The zero-order valence-electron chi connectivity index (χ0n) is 12.8. The highest BCUT2D eigenvalue weighted by Gasteiger charge is 2.10. The smallest absolute Gasteiger partial charge is 0.319 e. The molecule has 1 atom stereocenters. The van der Waals surface area contributed by atoms with Crippen LogP contribution in [0.1, 0.15) is 34.1 Å². The van der Waals surface area contributed by atoms with E-state index >= 15 is 0 Å². The molecule has 0 fully saturated rings. The van der Waals surface area contributed by atoms with Crippen LogP contribution in [0.15, 0.2) is 28.7 Å². The minimum Gasteiger partial charge on any atom is -0.481 e. The first-order valence-corrected chi connectivity index (χ1v) is 7.55. The SMILES string of the molecule is CC(C)C.CC(CC(=O)O)NC(=O)Nc1ccc(Br)cc1. The predicted octanol–water partition coefficient (Wildman–Crippen LogP) is 4.10. The minimum atomic E-state index is -0.943. The van der Waals surface area contributed by atoms with Gasteiger partial charge in [0.05, 0.1) is 6.42 Å². The molecule has 0 radical (unpaired) electrons. The van der Waals surface area contributed by atoms with Crippen molar-refractivity contribution in [2.45, 2.75) is 40.2 Å². The Morgan fingerprint density at radius 1 is 1.14 bits per heavy atom. The molecule has 1 rings (SSSR count). The lowest BCUT2D eigenvalue weighted by atomic mass is 10.2. The Bertz CT molecular complexity index is 444. The first-order chi connectivity index (χ1) is 9.70. The molecule has 1 aromatic carbocycles. The predicted molar refractivity (Wildman–Crippen MR) is 88.5 cm³/mol. The number of carbonyl (C=O) groups excluding carboxylic acids is 1. The third kappa shape index (κ3) is 11.9. The van der Waals surface area contributed by atoms with E-state index in [1.54, 1.807) is 31.2 Å². The molecule has 0 heterocycles. The average Bonchev–Trinajstić information content (AvgIpc) is 2.30. The Kier molecular flexibility index (Phi) is 9.45. The number of carbonyl (C=O) groups is 2. The number of halogens is 1. The van der Waals surface area contributed by atoms with Crippen LogP contribution in [-0.4, -0.2) is 23.1 Å². The summed E-state index contributed by atoms with van der Waals surface area (Å²) < 4.78 is 0.919. The number of amides is 2. The van der Waals surface area contributed by atoms with Crippen LogP contribution < -0.4 is 10.6 Å². The van der Waals surface area contributed by atoms with Gasteiger partial charge >= 0.3 is 12.0 Å². The van der Waals surface area contributed by atoms with Crippen molar-refractivity contribution in [3.63, 3.8) is 0 Å². The van der Waals surface area contributed by atoms with Crippen LogP contribution in [0.3, 0.4) is 0 Å². The summed E-state index contributed by atoms with van der Waals surface area (Å²) in [5, 5.41) is 13.7. The number of carboxylic acid groups (broad SMARTS) is 1. The summed E-state index contributed by atoms with van der Waals surface area (Å²) in [7, 11) is 0. The third-order valence-electron chi connectivity index (χ3n) is 1.96. The topological polar surface area (TPSA) is 78.4 Å². The van der Waals surface area contributed by atoms with Crippen molar-refractivity contribution in [1.29, 1.82) is 0 Å². The molecule has 1 unspecified atom stereocenters. The van der Waals surface area contributed by atoms with E-state index in [1.165, 1.54) is 0 Å². The summed E-state index contributed by atoms with van der Waals surface area (Å²) >= 11 is 3.29. The quantitative estimate of drug-likeness (QED) is 0.757. The van der Waals surface area contributed by atoms with E-state index in [0.717, 1.165) is 10.4 Å². The number of anilines is 1. The zero-order valence-corrected chi connectivity index (χ0v) is 14.4. The van der Waals surface area contributed by atoms with Gasteiger partial charge in [0.2, 0.25) is 0 Å². The molecule has 2 amide bonds. The first-order valence-electron chi connectivity index (χ1n) is 6.75. The molecule has 0 spiro atoms. The van der Waals surface area contributed by atoms with E-state index in [0.29, 0.717) is 5.69 Å². The standard InChI is InChI=1S/C11H13BrN2O3.C4H10/c1-7(6-10(15)16)13-11(17)14-9-4-2-8(12)3-5-9;1-4(2)3/h2-5,7H,6H2,1H3,(H,15,16)(H2,13,14,17);4H,1-3H3. The average molecular weight is 359 g/mol. The molecule has 5 nitrogen and oxygen atoms in total. The van der Waals surface area contributed by atoms with Crippen LogP contribution >= 0.6 is 15.9 Å². The summed E-state index contributed by atoms with van der Waals surface area (Å²) in [5.41, 5.74) is 0.647. The van der Waals surface area contributed by atoms with Crippen molar-refractivity contribution in [3.8, 4) is 0 Å². The summed E-state index contributed by atoms with van der Waals surface area (Å²) in [6.07, 6.45) is -0.103. The van der Waals surface area contributed by atoms with Crippen molar-refractivity contribution in [2.75, 3.05) is 5.32 Å². The summed E-state index contributed by atoms with van der Waals surface area (Å²) in [4.78, 5) is 21.9. The highest BCUT2D eigenvalue weighted by Crippen LogP contribution is 2.13. The summed E-state index contributed by atoms with van der Waals surface area (Å²) in [6.45, 7) is 8.13. The molecule has 1 aromatic rings. The van der Waals surface area contributed by atoms with Gasteiger partial charge in [-0.05, 0) is 37.1 Å². The van der Waals surface area contributed by atoms with Crippen LogP contribution in [0.5, 0.6) is 0 Å². The maximum absolute atomic E-state index is 11.5. The maximum atomic E-state index is 11.5. The second kappa shape index (κ2) is 10.2. The van der Waals surface area contributed by atoms with E-state index in [-0.39, 0.29) is 6.42 Å². The van der Waals surface area contributed by atoms with Crippen LogP contribution in [0.25, 0.3) is 0 Å². The lowest BCUT2D eigenvalue weighted by Crippen LogP contribution is -2.37. The molecular formula is C15H23BrN2O3. The van der Waals surface area contributed by atoms with Gasteiger partial charge in [0.25, 0.3) is 0 Å². The third-order valence-corrected chi connectivity index (χ3v) is 2.49. The fourth-order valence-corrected chi connectivity index (χ4v) is 1.50. The molecule has 0 saturated carbocycles. The molecule has 0 aromatic heterocycles. The summed E-state index contributed by atoms with van der Waals surface area (Å²) in [6, 6.07) is 6.26. The number of nitrogens with one attached hydrogen (secondary N) is 2. The number of carboxylic acids is 1. The van der Waals surface area contributed by atoms with Gasteiger partial charge in [-0.2, -0.15) is 0 Å². The lowest BCUT2D eigenvalue weighted by Gasteiger charge is -2.12. The molecule has 6 heteroatoms. The molecule has 0 aliphatic rings. The van der Waals surface area contributed by atoms with E-state index < -0.39 is 18.0 Å². The fourth-order valence-electron chi connectivity index (χ4n) is 1.24. The van der Waals surface area contributed by atoms with E-state index in [4.69, 9.17) is 5.11 Å². The van der Waals surface area contributed by atoms with Crippen molar-refractivity contribution in [1.82, 2.24) is 5.32 Å². The maximum Gasteiger partial charge on any atom is 0.319 e. The van der Waals surface area contributed by atoms with Crippen molar-refractivity contribution in [2.24, 2.45) is 5.92 Å². The van der Waals surface area contributed by atoms with Crippen LogP contribution in [0.4, 0.5) is 10.5 Å². The molecular weight excluding hydrogens is 336 g/mol.